The molecule has 20 heteroatoms. The van der Waals surface area contributed by atoms with Gasteiger partial charge in [-0.15, -0.1) is 0 Å². The van der Waals surface area contributed by atoms with Crippen molar-refractivity contribution in [1.82, 2.24) is 5.32 Å². The van der Waals surface area contributed by atoms with Gasteiger partial charge in [0.05, 0.1) is 22.5 Å². The van der Waals surface area contributed by atoms with Crippen molar-refractivity contribution in [2.24, 2.45) is 37.1 Å². The largest absolute Gasteiger partial charge is 0.550 e. The molecule has 0 aromatic heterocycles. The van der Waals surface area contributed by atoms with E-state index in [0.29, 0.717) is 0 Å². The van der Waals surface area contributed by atoms with Gasteiger partial charge in [-0.3, -0.25) is 15.0 Å². The first-order chi connectivity index (χ1) is 29.6. The van der Waals surface area contributed by atoms with Crippen molar-refractivity contribution in [1.29, 1.82) is 0 Å². The van der Waals surface area contributed by atoms with Crippen LogP contribution in [0.5, 0.6) is 0 Å². The number of fused-ring (bicyclic) bond motifs is 6. The highest BCUT2D eigenvalue weighted by Crippen LogP contribution is 2.60. The van der Waals surface area contributed by atoms with Crippen molar-refractivity contribution in [3.8, 4) is 0 Å². The zero-order chi connectivity index (χ0) is 47.9. The van der Waals surface area contributed by atoms with E-state index >= 15 is 0 Å². The smallest absolute Gasteiger partial charge is 0.0857 e. The maximum atomic E-state index is 12.8. The van der Waals surface area contributed by atoms with Crippen LogP contribution in [0.25, 0.3) is 0 Å². The van der Waals surface area contributed by atoms with E-state index in [0.717, 1.165) is 0 Å². The molecule has 0 unspecified atom stereocenters. The van der Waals surface area contributed by atoms with Crippen LogP contribution in [0.15, 0.2) is 60.4 Å². The minimum atomic E-state index is -1.83. The molecule has 5 rings (SSSR count). The van der Waals surface area contributed by atoms with Crippen LogP contribution < -0.4 is 46.2 Å². The first-order valence-corrected chi connectivity index (χ1v) is 20.6. The van der Waals surface area contributed by atoms with Crippen LogP contribution in [0.3, 0.4) is 0 Å². The highest BCUT2D eigenvalue weighted by atomic mass is 16.4. The minimum Gasteiger partial charge on any atom is -0.550 e. The van der Waals surface area contributed by atoms with E-state index in [1.807, 2.05) is 0 Å². The van der Waals surface area contributed by atoms with E-state index in [2.05, 4.69) is 5.32 Å². The molecule has 0 spiro atoms. The molecule has 8 bridgehead atoms. The summed E-state index contributed by atoms with van der Waals surface area (Å²) in [5.74, 6) is -13.7. The van der Waals surface area contributed by atoms with E-state index < -0.39 is 139 Å². The summed E-state index contributed by atoms with van der Waals surface area (Å²) in [6.45, 7) is 7.40. The van der Waals surface area contributed by atoms with Crippen molar-refractivity contribution < 1.29 is 79.2 Å². The summed E-state index contributed by atoms with van der Waals surface area (Å²) in [6, 6.07) is 0. The average molecular weight is 887 g/mol. The topological polar surface area (TPSA) is 370 Å². The number of hydrogen-bond donors (Lipinski definition) is 1. The number of aliphatic imine (C=N–C) groups is 3. The van der Waals surface area contributed by atoms with Gasteiger partial charge >= 0.3 is 0 Å². The Labute approximate surface area is 367 Å². The van der Waals surface area contributed by atoms with Crippen LogP contribution in [0, 0.1) is 22.2 Å². The molecule has 5 heterocycles. The molecule has 1 fully saturated rings. The fraction of sp³-hybridized carbons (Fsp3) is 0.568. The summed E-state index contributed by atoms with van der Waals surface area (Å²) in [5, 5.41) is 102. The number of carboxylic acids is 8. The van der Waals surface area contributed by atoms with Gasteiger partial charge in [0.25, 0.3) is 0 Å². The van der Waals surface area contributed by atoms with Gasteiger partial charge in [-0.2, -0.15) is 0 Å². The lowest BCUT2D eigenvalue weighted by atomic mass is 9.61. The lowest BCUT2D eigenvalue weighted by molar-refractivity contribution is -0.310. The van der Waals surface area contributed by atoms with E-state index in [1.54, 1.807) is 0 Å². The second kappa shape index (κ2) is 17.6. The van der Waals surface area contributed by atoms with Crippen molar-refractivity contribution in [3.05, 3.63) is 45.5 Å². The van der Waals surface area contributed by atoms with Gasteiger partial charge in [0, 0.05) is 125 Å². The Kier molecular flexibility index (Phi) is 13.4. The van der Waals surface area contributed by atoms with Gasteiger partial charge in [-0.25, -0.2) is 0 Å². The third-order valence-corrected chi connectivity index (χ3v) is 14.0. The predicted octanol–water partition coefficient (Wildman–Crippen LogP) is -5.73. The number of allylic oxidation sites excluding steroid dienone is 4. The van der Waals surface area contributed by atoms with Crippen molar-refractivity contribution >= 4 is 64.9 Å². The summed E-state index contributed by atoms with van der Waals surface area (Å²) in [4.78, 5) is 113. The maximum absolute atomic E-state index is 12.8. The average Bonchev–Trinajstić information content (AvgIpc) is 3.72. The van der Waals surface area contributed by atoms with Gasteiger partial charge in [0.1, 0.15) is 0 Å². The molecule has 0 amide bonds. The van der Waals surface area contributed by atoms with Crippen molar-refractivity contribution in [2.75, 3.05) is 0 Å². The van der Waals surface area contributed by atoms with Crippen molar-refractivity contribution in [3.63, 3.8) is 0 Å². The minimum absolute atomic E-state index is 0.0413. The lowest BCUT2D eigenvalue weighted by Crippen LogP contribution is -2.53. The van der Waals surface area contributed by atoms with E-state index in [4.69, 9.17) is 15.0 Å². The van der Waals surface area contributed by atoms with Crippen LogP contribution in [0.2, 0.25) is 0 Å². The van der Waals surface area contributed by atoms with E-state index in [1.165, 1.54) is 40.7 Å². The SMILES string of the molecule is C[C@]1(CCC(=O)[O-])C2=NC(=C1CC(=O)[O-])[C@]1(C)N/C(=C\C3=NC(=C(CCC(=O)[O-])[C@]3(C)CC(=O)[O-])C[C@]3(C)N=C(C2)C(CCC(=O)[O-])=C3CC(=O)[O-])[C@@H](CCC(=O)[O-])[C@]1(C)CC(=O)[O-]. The van der Waals surface area contributed by atoms with Gasteiger partial charge in [0.2, 0.25) is 0 Å². The van der Waals surface area contributed by atoms with Crippen LogP contribution in [0.4, 0.5) is 0 Å². The monoisotopic (exact) mass is 886 g/mol. The molecule has 1 saturated heterocycles. The number of carbonyl (C=O) groups is 8. The molecular weight excluding hydrogens is 840 g/mol. The Bertz CT molecular complexity index is 2350. The number of carbonyl (C=O) groups excluding carboxylic acids is 8. The second-order valence-electron chi connectivity index (χ2n) is 18.2. The lowest BCUT2D eigenvalue weighted by Gasteiger charge is -2.45. The predicted molar refractivity (Wildman–Crippen MR) is 204 cm³/mol. The number of carboxylic acid groups (broad SMARTS) is 8. The van der Waals surface area contributed by atoms with Gasteiger partial charge in [-0.1, -0.05) is 13.8 Å². The number of aliphatic carboxylic acids is 8. The molecule has 5 aliphatic rings. The zero-order valence-corrected chi connectivity index (χ0v) is 35.9. The van der Waals surface area contributed by atoms with E-state index in [-0.39, 0.29) is 88.6 Å². The molecule has 0 saturated carbocycles. The Morgan fingerprint density at radius 1 is 0.641 bits per heavy atom. The summed E-state index contributed by atoms with van der Waals surface area (Å²) < 4.78 is 0. The number of nitrogens with one attached hydrogen (secondary N) is 1. The Morgan fingerprint density at radius 3 is 1.75 bits per heavy atom. The molecular formula is C44H46N4O16-8. The normalized spacial score (nSPS) is 30.4. The van der Waals surface area contributed by atoms with Crippen LogP contribution in [-0.4, -0.2) is 76.0 Å². The molecule has 0 aromatic rings. The van der Waals surface area contributed by atoms with Crippen LogP contribution in [0.1, 0.15) is 125 Å². The zero-order valence-electron chi connectivity index (χ0n) is 35.9. The molecule has 5 aliphatic heterocycles. The molecule has 1 N–H and O–H groups in total. The standard InChI is InChI=1S/C44H54N4O16/c1-40(13-12-34(55)56)25(15-36(59)60)39-44(5)42(3,20-38(63)64)23(8-11-33(53)54)27(48-44)17-30-41(2,19-37(61)62)22(7-10-32(51)52)28(45-30)18-43(4)24(14-35(57)58)21(6-9-31(49)50)26(47-43)16-29(40)46-39/h17,23,48H,6-16,18-20H2,1-5H3,(H,49,50)(H,51,52)(H,53,54)(H,55,56)(H,57,58)(H,59,60)(H,61,62)(H,63,64)/p-8/b27-17-/t23-,40-,41+,42+,43+,44+/m1/s1. The second-order valence-corrected chi connectivity index (χ2v) is 18.2. The first kappa shape index (κ1) is 48.6. The molecule has 64 heavy (non-hydrogen) atoms. The highest BCUT2D eigenvalue weighted by molar-refractivity contribution is 6.18. The molecule has 20 nitrogen and oxygen atoms in total. The highest BCUT2D eigenvalue weighted by Gasteiger charge is 2.61. The van der Waals surface area contributed by atoms with Gasteiger partial charge in [0.15, 0.2) is 0 Å². The summed E-state index contributed by atoms with van der Waals surface area (Å²) >= 11 is 0. The molecule has 6 atom stereocenters. The molecule has 346 valence electrons. The molecule has 0 aromatic carbocycles. The quantitative estimate of drug-likeness (QED) is 0.119. The Balaban J connectivity index is 1.99. The summed E-state index contributed by atoms with van der Waals surface area (Å²) in [5.41, 5.74) is -8.17. The number of hydrogen-bond acceptors (Lipinski definition) is 20. The maximum Gasteiger partial charge on any atom is 0.0857 e. The summed E-state index contributed by atoms with van der Waals surface area (Å²) in [6.07, 6.45) is -6.71. The molecule has 0 aliphatic carbocycles. The third kappa shape index (κ3) is 9.12. The van der Waals surface area contributed by atoms with Crippen LogP contribution >= 0.6 is 0 Å². The van der Waals surface area contributed by atoms with Crippen molar-refractivity contribution in [2.45, 2.75) is 136 Å². The number of rotatable bonds is 20. The fourth-order valence-corrected chi connectivity index (χ4v) is 10.6. The van der Waals surface area contributed by atoms with Gasteiger partial charge in [-0.05, 0) is 107 Å². The molecule has 0 radical (unpaired) electrons. The Hall–Kier alpha value is -6.47. The van der Waals surface area contributed by atoms with Gasteiger partial charge < -0.3 is 84.5 Å². The van der Waals surface area contributed by atoms with E-state index in [9.17, 15) is 79.2 Å². The first-order valence-electron chi connectivity index (χ1n) is 20.6. The fourth-order valence-electron chi connectivity index (χ4n) is 10.6. The Morgan fingerprint density at radius 2 is 1.20 bits per heavy atom. The van der Waals surface area contributed by atoms with Crippen LogP contribution in [-0.2, 0) is 38.4 Å². The summed E-state index contributed by atoms with van der Waals surface area (Å²) in [7, 11) is 0. The number of nitrogens with zero attached hydrogens (tertiary/aromatic N) is 3. The third-order valence-electron chi connectivity index (χ3n) is 14.0.